The number of pyridine rings is 1. The Balaban J connectivity index is 0.00000145. The highest BCUT2D eigenvalue weighted by molar-refractivity contribution is 8.00. The van der Waals surface area contributed by atoms with E-state index in [0.717, 1.165) is 40.7 Å². The van der Waals surface area contributed by atoms with Gasteiger partial charge in [0.25, 0.3) is 0 Å². The number of fused-ring (bicyclic) bond motifs is 1. The van der Waals surface area contributed by atoms with Gasteiger partial charge in [0.1, 0.15) is 6.29 Å². The van der Waals surface area contributed by atoms with Crippen LogP contribution in [-0.4, -0.2) is 24.9 Å². The fourth-order valence-corrected chi connectivity index (χ4v) is 3.12. The summed E-state index contributed by atoms with van der Waals surface area (Å²) in [6.07, 6.45) is -3.56. The number of nitrogens with zero attached hydrogens (tertiary/aromatic N) is 1. The molecule has 0 saturated heterocycles. The van der Waals surface area contributed by atoms with Crippen LogP contribution in [0.2, 0.25) is 0 Å². The number of aldehydes is 1. The fourth-order valence-electron chi connectivity index (χ4n) is 2.45. The van der Waals surface area contributed by atoms with E-state index in [0.29, 0.717) is 11.4 Å². The molecule has 1 heterocycles. The Morgan fingerprint density at radius 3 is 2.45 bits per heavy atom. The Morgan fingerprint density at radius 1 is 1.07 bits per heavy atom. The minimum Gasteiger partial charge on any atom is -0.333 e. The van der Waals surface area contributed by atoms with E-state index in [-0.39, 0.29) is 6.54 Å². The van der Waals surface area contributed by atoms with Crippen molar-refractivity contribution in [1.82, 2.24) is 10.3 Å². The van der Waals surface area contributed by atoms with Crippen molar-refractivity contribution in [2.45, 2.75) is 17.6 Å². The number of nitrogens with two attached hydrogens (primary N) is 1. The largest absolute Gasteiger partial charge is 0.416 e. The summed E-state index contributed by atoms with van der Waals surface area (Å²) >= 11 is 1.22. The van der Waals surface area contributed by atoms with Crippen LogP contribution in [0.3, 0.4) is 0 Å². The van der Waals surface area contributed by atoms with Gasteiger partial charge in [0, 0.05) is 16.8 Å². The average molecular weight is 422 g/mol. The Labute approximate surface area is 171 Å². The molecule has 0 bridgehead atoms. The maximum absolute atomic E-state index is 12.6. The van der Waals surface area contributed by atoms with Gasteiger partial charge >= 0.3 is 6.18 Å². The molecule has 2 aromatic carbocycles. The van der Waals surface area contributed by atoms with Crippen LogP contribution in [0.25, 0.3) is 10.9 Å². The maximum atomic E-state index is 12.6. The van der Waals surface area contributed by atoms with Gasteiger partial charge < -0.3 is 20.6 Å². The highest BCUT2D eigenvalue weighted by Crippen LogP contribution is 2.32. The molecule has 154 valence electrons. The molecule has 0 aliphatic rings. The number of carbonyl (C=O) groups excluding carboxylic acids is 1. The monoisotopic (exact) mass is 422 g/mol. The average Bonchev–Trinajstić information content (AvgIpc) is 2.73. The molecule has 0 fully saturated rings. The van der Waals surface area contributed by atoms with Gasteiger partial charge in [-0.05, 0) is 55.4 Å². The molecule has 0 aliphatic heterocycles. The number of benzene rings is 2. The number of carbonyl (C=O) groups is 1. The van der Waals surface area contributed by atoms with Crippen molar-refractivity contribution < 1.29 is 18.0 Å². The summed E-state index contributed by atoms with van der Waals surface area (Å²) in [6, 6.07) is 14.4. The van der Waals surface area contributed by atoms with Crippen LogP contribution >= 0.6 is 11.9 Å². The van der Waals surface area contributed by atoms with E-state index in [1.54, 1.807) is 0 Å². The molecule has 0 saturated carbocycles. The van der Waals surface area contributed by atoms with Gasteiger partial charge in [-0.15, -0.1) is 0 Å². The summed E-state index contributed by atoms with van der Waals surface area (Å²) in [5.74, 6) is 0. The van der Waals surface area contributed by atoms with Crippen LogP contribution < -0.4 is 15.8 Å². The number of halogens is 3. The van der Waals surface area contributed by atoms with E-state index < -0.39 is 11.7 Å². The van der Waals surface area contributed by atoms with E-state index in [4.69, 9.17) is 0 Å². The third-order valence-corrected chi connectivity index (χ3v) is 4.60. The summed E-state index contributed by atoms with van der Waals surface area (Å²) in [5.41, 5.74) is 6.13. The van der Waals surface area contributed by atoms with E-state index in [2.05, 4.69) is 20.8 Å². The molecule has 0 aliphatic carbocycles. The lowest BCUT2D eigenvalue weighted by molar-refractivity contribution is -0.137. The molecular weight excluding hydrogens is 401 g/mol. The van der Waals surface area contributed by atoms with Crippen LogP contribution in [0, 0.1) is 0 Å². The van der Waals surface area contributed by atoms with Crippen molar-refractivity contribution in [3.05, 3.63) is 65.9 Å². The number of hydrogen-bond donors (Lipinski definition) is 3. The van der Waals surface area contributed by atoms with Crippen molar-refractivity contribution in [1.29, 1.82) is 0 Å². The smallest absolute Gasteiger partial charge is 0.333 e. The Morgan fingerprint density at radius 2 is 1.79 bits per heavy atom. The number of anilines is 1. The van der Waals surface area contributed by atoms with Crippen molar-refractivity contribution >= 4 is 34.8 Å². The molecule has 3 rings (SSSR count). The molecule has 9 heteroatoms. The first-order valence-corrected chi connectivity index (χ1v) is 9.50. The van der Waals surface area contributed by atoms with E-state index in [9.17, 15) is 18.0 Å². The van der Waals surface area contributed by atoms with Crippen LogP contribution in [0.4, 0.5) is 18.9 Å². The standard InChI is InChI=1S/C19H16F3N3OS.CH5N/c20-19(21,22)14-5-8-16(9-6-14)27-25-17-3-1-2-13-4-7-15(24-18(13)17)12-23-10-11-26;1-2/h1-9,11,23,25H,10,12H2;2H2,1H3. The van der Waals surface area contributed by atoms with Crippen molar-refractivity contribution in [2.75, 3.05) is 18.3 Å². The lowest BCUT2D eigenvalue weighted by Gasteiger charge is -2.11. The second-order valence-corrected chi connectivity index (χ2v) is 6.58. The van der Waals surface area contributed by atoms with Gasteiger partial charge in [-0.3, -0.25) is 0 Å². The van der Waals surface area contributed by atoms with Crippen LogP contribution in [-0.2, 0) is 17.5 Å². The molecule has 29 heavy (non-hydrogen) atoms. The second-order valence-electron chi connectivity index (χ2n) is 5.70. The van der Waals surface area contributed by atoms with E-state index in [1.165, 1.54) is 31.1 Å². The first-order valence-electron chi connectivity index (χ1n) is 8.68. The lowest BCUT2D eigenvalue weighted by Crippen LogP contribution is -2.16. The maximum Gasteiger partial charge on any atom is 0.416 e. The first kappa shape index (κ1) is 22.7. The summed E-state index contributed by atoms with van der Waals surface area (Å²) in [4.78, 5) is 15.7. The fraction of sp³-hybridized carbons (Fsp3) is 0.200. The van der Waals surface area contributed by atoms with E-state index >= 15 is 0 Å². The van der Waals surface area contributed by atoms with E-state index in [1.807, 2.05) is 30.3 Å². The number of aromatic nitrogens is 1. The lowest BCUT2D eigenvalue weighted by atomic mass is 10.2. The molecule has 0 atom stereocenters. The molecule has 0 amide bonds. The molecule has 3 aromatic rings. The normalized spacial score (nSPS) is 10.9. The first-order chi connectivity index (χ1) is 14.0. The predicted molar refractivity (Wildman–Crippen MR) is 111 cm³/mol. The van der Waals surface area contributed by atoms with Gasteiger partial charge in [0.2, 0.25) is 0 Å². The Kier molecular flexibility index (Phi) is 8.44. The SMILES string of the molecule is CN.O=CCNCc1ccc2cccc(NSc3ccc(C(F)(F)F)cc3)c2n1. The molecule has 0 unspecified atom stereocenters. The minimum atomic E-state index is -4.34. The van der Waals surface area contributed by atoms with Gasteiger partial charge in [-0.25, -0.2) is 4.98 Å². The quantitative estimate of drug-likeness (QED) is 0.300. The van der Waals surface area contributed by atoms with Gasteiger partial charge in [0.05, 0.1) is 29.0 Å². The van der Waals surface area contributed by atoms with Crippen LogP contribution in [0.1, 0.15) is 11.3 Å². The van der Waals surface area contributed by atoms with Gasteiger partial charge in [-0.1, -0.05) is 18.2 Å². The molecular formula is C20H21F3N4OS. The summed E-state index contributed by atoms with van der Waals surface area (Å²) in [5, 5.41) is 3.90. The molecule has 0 spiro atoms. The highest BCUT2D eigenvalue weighted by atomic mass is 32.2. The zero-order valence-corrected chi connectivity index (χ0v) is 16.5. The predicted octanol–water partition coefficient (Wildman–Crippen LogP) is 4.24. The number of para-hydroxylation sites is 1. The summed E-state index contributed by atoms with van der Waals surface area (Å²) in [6.45, 7) is 0.721. The third kappa shape index (κ3) is 6.45. The molecule has 4 N–H and O–H groups in total. The van der Waals surface area contributed by atoms with Crippen LogP contribution in [0.15, 0.2) is 59.5 Å². The summed E-state index contributed by atoms with van der Waals surface area (Å²) < 4.78 is 41.1. The Bertz CT molecular complexity index is 933. The molecule has 5 nitrogen and oxygen atoms in total. The van der Waals surface area contributed by atoms with Crippen LogP contribution in [0.5, 0.6) is 0 Å². The molecule has 0 radical (unpaired) electrons. The molecule has 1 aromatic heterocycles. The third-order valence-electron chi connectivity index (χ3n) is 3.77. The highest BCUT2D eigenvalue weighted by Gasteiger charge is 2.29. The van der Waals surface area contributed by atoms with Gasteiger partial charge in [0.15, 0.2) is 0 Å². The number of nitrogens with one attached hydrogen (secondary N) is 2. The zero-order valence-electron chi connectivity index (χ0n) is 15.7. The summed E-state index contributed by atoms with van der Waals surface area (Å²) in [7, 11) is 1.50. The number of alkyl halides is 3. The van der Waals surface area contributed by atoms with Crippen molar-refractivity contribution in [2.24, 2.45) is 5.73 Å². The van der Waals surface area contributed by atoms with Crippen molar-refractivity contribution in [3.63, 3.8) is 0 Å². The van der Waals surface area contributed by atoms with Crippen molar-refractivity contribution in [3.8, 4) is 0 Å². The Hall–Kier alpha value is -2.62. The number of hydrogen-bond acceptors (Lipinski definition) is 6. The zero-order chi connectivity index (χ0) is 21.3. The minimum absolute atomic E-state index is 0.253. The van der Waals surface area contributed by atoms with Gasteiger partial charge in [-0.2, -0.15) is 13.2 Å². The number of rotatable bonds is 7. The second kappa shape index (κ2) is 10.8. The topological polar surface area (TPSA) is 80.0 Å².